The minimum Gasteiger partial charge on any atom is -0.337 e. The molecule has 0 unspecified atom stereocenters. The molecule has 2 amide bonds. The minimum absolute atomic E-state index is 0.0761. The summed E-state index contributed by atoms with van der Waals surface area (Å²) in [5.74, 6) is -2.51. The van der Waals surface area contributed by atoms with Crippen LogP contribution in [0.4, 0.5) is 13.6 Å². The number of hydrogen-bond donors (Lipinski definition) is 3. The van der Waals surface area contributed by atoms with Crippen molar-refractivity contribution in [3.8, 4) is 0 Å². The number of nitrogens with one attached hydrogen (secondary N) is 3. The maximum atomic E-state index is 13.0. The van der Waals surface area contributed by atoms with Gasteiger partial charge in [0.15, 0.2) is 0 Å². The number of alkyl halides is 2. The van der Waals surface area contributed by atoms with Crippen LogP contribution in [0.15, 0.2) is 0 Å². The molecule has 0 radical (unpaired) electrons. The van der Waals surface area contributed by atoms with Crippen molar-refractivity contribution in [1.29, 1.82) is 0 Å². The number of piperidine rings is 1. The van der Waals surface area contributed by atoms with Crippen LogP contribution in [0.2, 0.25) is 0 Å². The van der Waals surface area contributed by atoms with E-state index in [-0.39, 0.29) is 24.9 Å². The van der Waals surface area contributed by atoms with Crippen molar-refractivity contribution in [3.05, 3.63) is 0 Å². The van der Waals surface area contributed by atoms with Crippen molar-refractivity contribution in [2.24, 2.45) is 0 Å². The van der Waals surface area contributed by atoms with E-state index in [1.54, 1.807) is 0 Å². The lowest BCUT2D eigenvalue weighted by atomic mass is 9.92. The fourth-order valence-corrected chi connectivity index (χ4v) is 3.64. The maximum absolute atomic E-state index is 13.0. The second-order valence-corrected chi connectivity index (χ2v) is 6.88. The third-order valence-corrected chi connectivity index (χ3v) is 5.40. The minimum atomic E-state index is -2.51. The summed E-state index contributed by atoms with van der Waals surface area (Å²) < 4.78 is 29.3. The van der Waals surface area contributed by atoms with Crippen LogP contribution in [-0.4, -0.2) is 55.1 Å². The number of rotatable bonds is 5. The number of halogens is 3. The molecule has 1 heterocycles. The number of nitrogens with zero attached hydrogens (tertiary/aromatic N) is 1. The van der Waals surface area contributed by atoms with Gasteiger partial charge in [0.25, 0.3) is 5.92 Å². The molecule has 22 heavy (non-hydrogen) atoms. The van der Waals surface area contributed by atoms with E-state index >= 15 is 0 Å². The van der Waals surface area contributed by atoms with Crippen LogP contribution in [0, 0.1) is 0 Å². The van der Waals surface area contributed by atoms with Crippen molar-refractivity contribution < 1.29 is 13.6 Å². The fourth-order valence-electron chi connectivity index (χ4n) is 3.01. The number of carbonyl (C=O) groups excluding carboxylic acids is 1. The average Bonchev–Trinajstić information content (AvgIpc) is 2.50. The SMILES string of the molecule is O=C(NCCN1CCC(F)(F)CC1)N[C@H]1CC[C@H](NI)CC1. The third-order valence-electron chi connectivity index (χ3n) is 4.52. The molecule has 1 saturated heterocycles. The Morgan fingerprint density at radius 3 is 2.32 bits per heavy atom. The molecule has 1 saturated carbocycles. The average molecular weight is 430 g/mol. The number of hydrogen-bond acceptors (Lipinski definition) is 3. The van der Waals surface area contributed by atoms with Crippen LogP contribution < -0.4 is 14.2 Å². The van der Waals surface area contributed by atoms with E-state index < -0.39 is 5.92 Å². The first-order valence-electron chi connectivity index (χ1n) is 7.99. The first kappa shape index (κ1) is 18.1. The summed E-state index contributed by atoms with van der Waals surface area (Å²) in [4.78, 5) is 13.8. The van der Waals surface area contributed by atoms with Gasteiger partial charge in [-0.25, -0.2) is 13.6 Å². The van der Waals surface area contributed by atoms with Gasteiger partial charge < -0.3 is 15.5 Å². The highest BCUT2D eigenvalue weighted by Gasteiger charge is 2.33. The summed E-state index contributed by atoms with van der Waals surface area (Å²) >= 11 is 2.18. The normalized spacial score (nSPS) is 29.0. The van der Waals surface area contributed by atoms with Gasteiger partial charge in [-0.15, -0.1) is 0 Å². The predicted octanol–water partition coefficient (Wildman–Crippen LogP) is 2.27. The maximum Gasteiger partial charge on any atom is 0.315 e. The predicted molar refractivity (Wildman–Crippen MR) is 90.4 cm³/mol. The van der Waals surface area contributed by atoms with Gasteiger partial charge in [0.2, 0.25) is 0 Å². The highest BCUT2D eigenvalue weighted by Crippen LogP contribution is 2.27. The van der Waals surface area contributed by atoms with Gasteiger partial charge in [-0.2, -0.15) is 0 Å². The Balaban J connectivity index is 1.55. The van der Waals surface area contributed by atoms with Crippen molar-refractivity contribution >= 4 is 28.9 Å². The van der Waals surface area contributed by atoms with Crippen LogP contribution in [-0.2, 0) is 0 Å². The summed E-state index contributed by atoms with van der Waals surface area (Å²) in [5.41, 5.74) is 0. The summed E-state index contributed by atoms with van der Waals surface area (Å²) in [6.07, 6.45) is 4.00. The van der Waals surface area contributed by atoms with E-state index in [2.05, 4.69) is 37.0 Å². The molecular formula is C14H25F2IN4O. The standard InChI is InChI=1S/C14H25F2IN4O/c15-14(16)5-8-21(9-6-14)10-7-18-13(22)19-11-1-3-12(20-17)4-2-11/h11-12,20H,1-10H2,(H2,18,19,22)/t11-,12-. The first-order chi connectivity index (χ1) is 10.5. The van der Waals surface area contributed by atoms with Crippen LogP contribution in [0.25, 0.3) is 0 Å². The van der Waals surface area contributed by atoms with Crippen LogP contribution in [0.3, 0.4) is 0 Å². The molecule has 0 spiro atoms. The molecule has 1 aliphatic heterocycles. The topological polar surface area (TPSA) is 56.4 Å². The van der Waals surface area contributed by atoms with Crippen LogP contribution >= 0.6 is 22.9 Å². The van der Waals surface area contributed by atoms with Crippen molar-refractivity contribution in [3.63, 3.8) is 0 Å². The molecule has 1 aliphatic carbocycles. The smallest absolute Gasteiger partial charge is 0.315 e. The molecule has 0 aromatic carbocycles. The Morgan fingerprint density at radius 1 is 1.14 bits per heavy atom. The van der Waals surface area contributed by atoms with Crippen LogP contribution in [0.1, 0.15) is 38.5 Å². The number of likely N-dealkylation sites (tertiary alicyclic amines) is 1. The van der Waals surface area contributed by atoms with Gasteiger partial charge in [0, 0.05) is 74.0 Å². The summed E-state index contributed by atoms with van der Waals surface area (Å²) in [6, 6.07) is 0.654. The van der Waals surface area contributed by atoms with E-state index in [1.165, 1.54) is 0 Å². The highest BCUT2D eigenvalue weighted by molar-refractivity contribution is 14.1. The lowest BCUT2D eigenvalue weighted by molar-refractivity contribution is -0.0546. The van der Waals surface area contributed by atoms with E-state index in [9.17, 15) is 13.6 Å². The zero-order valence-electron chi connectivity index (χ0n) is 12.7. The molecule has 2 aliphatic rings. The van der Waals surface area contributed by atoms with E-state index in [0.717, 1.165) is 25.7 Å². The fraction of sp³-hybridized carbons (Fsp3) is 0.929. The molecule has 3 N–H and O–H groups in total. The van der Waals surface area contributed by atoms with E-state index in [1.807, 2.05) is 4.90 Å². The molecule has 0 atom stereocenters. The number of urea groups is 1. The molecule has 2 rings (SSSR count). The first-order valence-corrected chi connectivity index (χ1v) is 9.07. The molecule has 0 bridgehead atoms. The Hall–Kier alpha value is -0.220. The largest absolute Gasteiger partial charge is 0.337 e. The molecule has 5 nitrogen and oxygen atoms in total. The molecule has 0 aromatic rings. The molecule has 8 heteroatoms. The quantitative estimate of drug-likeness (QED) is 0.464. The zero-order chi connectivity index (χ0) is 16.0. The van der Waals surface area contributed by atoms with Crippen LogP contribution in [0.5, 0.6) is 0 Å². The van der Waals surface area contributed by atoms with Gasteiger partial charge in [0.1, 0.15) is 0 Å². The lowest BCUT2D eigenvalue weighted by Crippen LogP contribution is -2.48. The van der Waals surface area contributed by atoms with E-state index in [4.69, 9.17) is 0 Å². The van der Waals surface area contributed by atoms with Gasteiger partial charge in [0.05, 0.1) is 0 Å². The third kappa shape index (κ3) is 6.11. The second-order valence-electron chi connectivity index (χ2n) is 6.26. The van der Waals surface area contributed by atoms with Crippen molar-refractivity contribution in [2.45, 2.75) is 56.5 Å². The van der Waals surface area contributed by atoms with Gasteiger partial charge >= 0.3 is 6.03 Å². The molecular weight excluding hydrogens is 405 g/mol. The zero-order valence-corrected chi connectivity index (χ0v) is 14.9. The number of carbonyl (C=O) groups is 1. The summed E-state index contributed by atoms with van der Waals surface area (Å²) in [5, 5.41) is 5.82. The second kappa shape index (κ2) is 8.58. The molecule has 0 aromatic heterocycles. The molecule has 2 fully saturated rings. The Labute approximate surface area is 144 Å². The Bertz CT molecular complexity index is 355. The lowest BCUT2D eigenvalue weighted by Gasteiger charge is -2.31. The highest BCUT2D eigenvalue weighted by atomic mass is 127. The monoisotopic (exact) mass is 430 g/mol. The summed E-state index contributed by atoms with van der Waals surface area (Å²) in [7, 11) is 0. The van der Waals surface area contributed by atoms with E-state index in [0.29, 0.717) is 32.2 Å². The van der Waals surface area contributed by atoms with Gasteiger partial charge in [-0.05, 0) is 25.7 Å². The van der Waals surface area contributed by atoms with Gasteiger partial charge in [-0.1, -0.05) is 0 Å². The summed E-state index contributed by atoms with van der Waals surface area (Å²) in [6.45, 7) is 1.95. The van der Waals surface area contributed by atoms with Gasteiger partial charge in [-0.3, -0.25) is 3.53 Å². The number of amides is 2. The molecule has 128 valence electrons. The van der Waals surface area contributed by atoms with Crippen molar-refractivity contribution in [2.75, 3.05) is 26.2 Å². The Morgan fingerprint density at radius 2 is 1.73 bits per heavy atom. The van der Waals surface area contributed by atoms with Crippen molar-refractivity contribution in [1.82, 2.24) is 19.1 Å². The Kier molecular flexibility index (Phi) is 7.07.